The molecular formula is C12H15FN2O2. The molecule has 17 heavy (non-hydrogen) atoms. The minimum atomic E-state index is -0.526. The maximum atomic E-state index is 13.0. The maximum Gasteiger partial charge on any atom is 0.254 e. The summed E-state index contributed by atoms with van der Waals surface area (Å²) in [5.74, 6) is -0.727. The van der Waals surface area contributed by atoms with Gasteiger partial charge in [-0.15, -0.1) is 0 Å². The Morgan fingerprint density at radius 2 is 2.35 bits per heavy atom. The van der Waals surface area contributed by atoms with E-state index in [0.29, 0.717) is 12.1 Å². The van der Waals surface area contributed by atoms with E-state index in [1.54, 1.807) is 4.90 Å². The summed E-state index contributed by atoms with van der Waals surface area (Å²) in [7, 11) is 0. The fraction of sp³-hybridized carbons (Fsp3) is 0.417. The molecule has 1 aliphatic rings. The van der Waals surface area contributed by atoms with E-state index in [0.717, 1.165) is 12.8 Å². The predicted octanol–water partition coefficient (Wildman–Crippen LogP) is 1.00. The molecule has 0 radical (unpaired) electrons. The van der Waals surface area contributed by atoms with Crippen LogP contribution in [0.3, 0.4) is 0 Å². The van der Waals surface area contributed by atoms with Crippen LogP contribution in [0.25, 0.3) is 0 Å². The van der Waals surface area contributed by atoms with Gasteiger partial charge in [0.2, 0.25) is 0 Å². The Kier molecular flexibility index (Phi) is 3.28. The van der Waals surface area contributed by atoms with E-state index in [9.17, 15) is 9.18 Å². The number of nitrogens with zero attached hydrogens (tertiary/aromatic N) is 1. The van der Waals surface area contributed by atoms with Gasteiger partial charge in [-0.05, 0) is 31.0 Å². The van der Waals surface area contributed by atoms with Gasteiger partial charge in [0.15, 0.2) is 0 Å². The van der Waals surface area contributed by atoms with Crippen molar-refractivity contribution in [2.45, 2.75) is 18.9 Å². The Bertz CT molecular complexity index is 437. The molecule has 1 aromatic carbocycles. The summed E-state index contributed by atoms with van der Waals surface area (Å²) in [5, 5.41) is 9.15. The summed E-state index contributed by atoms with van der Waals surface area (Å²) in [4.78, 5) is 13.7. The van der Waals surface area contributed by atoms with E-state index in [1.165, 1.54) is 18.2 Å². The Labute approximate surface area is 98.8 Å². The zero-order valence-corrected chi connectivity index (χ0v) is 9.40. The molecule has 1 saturated heterocycles. The van der Waals surface area contributed by atoms with E-state index >= 15 is 0 Å². The summed E-state index contributed by atoms with van der Waals surface area (Å²) in [6.07, 6.45) is 1.69. The van der Waals surface area contributed by atoms with Gasteiger partial charge in [0, 0.05) is 12.1 Å². The van der Waals surface area contributed by atoms with Crippen molar-refractivity contribution in [2.75, 3.05) is 18.9 Å². The molecule has 0 saturated carbocycles. The van der Waals surface area contributed by atoms with Crippen LogP contribution in [0.5, 0.6) is 0 Å². The molecule has 1 amide bonds. The van der Waals surface area contributed by atoms with Gasteiger partial charge < -0.3 is 15.7 Å². The number of hydrogen-bond acceptors (Lipinski definition) is 3. The first-order chi connectivity index (χ1) is 8.13. The van der Waals surface area contributed by atoms with Crippen LogP contribution >= 0.6 is 0 Å². The number of hydrogen-bond donors (Lipinski definition) is 2. The molecule has 0 aromatic heterocycles. The van der Waals surface area contributed by atoms with Crippen LogP contribution in [0.4, 0.5) is 10.1 Å². The van der Waals surface area contributed by atoms with Crippen LogP contribution in [-0.2, 0) is 0 Å². The number of benzene rings is 1. The number of carbonyl (C=O) groups is 1. The smallest absolute Gasteiger partial charge is 0.254 e. The first-order valence-corrected chi connectivity index (χ1v) is 5.60. The average molecular weight is 238 g/mol. The number of anilines is 1. The molecular weight excluding hydrogens is 223 g/mol. The van der Waals surface area contributed by atoms with Crippen molar-refractivity contribution in [1.82, 2.24) is 4.90 Å². The van der Waals surface area contributed by atoms with Crippen molar-refractivity contribution in [3.8, 4) is 0 Å². The first-order valence-electron chi connectivity index (χ1n) is 5.60. The van der Waals surface area contributed by atoms with Crippen molar-refractivity contribution in [2.24, 2.45) is 0 Å². The highest BCUT2D eigenvalue weighted by molar-refractivity contribution is 5.95. The lowest BCUT2D eigenvalue weighted by Crippen LogP contribution is -2.37. The molecule has 2 rings (SSSR count). The Morgan fingerprint density at radius 1 is 1.59 bits per heavy atom. The lowest BCUT2D eigenvalue weighted by Gasteiger charge is -2.23. The fourth-order valence-corrected chi connectivity index (χ4v) is 2.14. The van der Waals surface area contributed by atoms with Gasteiger partial charge >= 0.3 is 0 Å². The number of carbonyl (C=O) groups excluding carboxylic acids is 1. The summed E-state index contributed by atoms with van der Waals surface area (Å²) >= 11 is 0. The monoisotopic (exact) mass is 238 g/mol. The minimum absolute atomic E-state index is 0.0319. The number of nitrogens with two attached hydrogens (primary N) is 1. The molecule has 1 atom stereocenters. The number of halogens is 1. The second-order valence-electron chi connectivity index (χ2n) is 4.21. The Hall–Kier alpha value is -1.62. The first kappa shape index (κ1) is 11.9. The lowest BCUT2D eigenvalue weighted by molar-refractivity contribution is 0.0677. The molecule has 0 aliphatic carbocycles. The third kappa shape index (κ3) is 2.24. The highest BCUT2D eigenvalue weighted by Crippen LogP contribution is 2.21. The summed E-state index contributed by atoms with van der Waals surface area (Å²) < 4.78 is 13.0. The van der Waals surface area contributed by atoms with Crippen LogP contribution < -0.4 is 5.73 Å². The third-order valence-corrected chi connectivity index (χ3v) is 3.09. The van der Waals surface area contributed by atoms with Crippen molar-refractivity contribution in [3.05, 3.63) is 29.6 Å². The Balaban J connectivity index is 2.21. The van der Waals surface area contributed by atoms with Crippen molar-refractivity contribution >= 4 is 11.6 Å². The zero-order valence-electron chi connectivity index (χ0n) is 9.40. The van der Waals surface area contributed by atoms with Gasteiger partial charge in [0.05, 0.1) is 18.3 Å². The Morgan fingerprint density at radius 3 is 3.00 bits per heavy atom. The highest BCUT2D eigenvalue weighted by Gasteiger charge is 2.28. The summed E-state index contributed by atoms with van der Waals surface area (Å²) in [6.45, 7) is 0.587. The molecule has 5 heteroatoms. The standard InChI is InChI=1S/C12H15FN2O2/c13-10-4-3-8(6-11(10)14)12(17)15-5-1-2-9(15)7-16/h3-4,6,9,16H,1-2,5,7,14H2/t9-/m1/s1. The maximum absolute atomic E-state index is 13.0. The van der Waals surface area contributed by atoms with Gasteiger partial charge in [-0.25, -0.2) is 4.39 Å². The quantitative estimate of drug-likeness (QED) is 0.755. The highest BCUT2D eigenvalue weighted by atomic mass is 19.1. The normalized spacial score (nSPS) is 19.6. The number of rotatable bonds is 2. The molecule has 4 nitrogen and oxygen atoms in total. The summed E-state index contributed by atoms with van der Waals surface area (Å²) in [5.41, 5.74) is 5.76. The molecule has 0 spiro atoms. The fourth-order valence-electron chi connectivity index (χ4n) is 2.14. The third-order valence-electron chi connectivity index (χ3n) is 3.09. The molecule has 1 fully saturated rings. The molecule has 1 aromatic rings. The van der Waals surface area contributed by atoms with E-state index in [-0.39, 0.29) is 24.2 Å². The van der Waals surface area contributed by atoms with Crippen LogP contribution in [-0.4, -0.2) is 35.1 Å². The van der Waals surface area contributed by atoms with Crippen LogP contribution in [0, 0.1) is 5.82 Å². The van der Waals surface area contributed by atoms with E-state index in [2.05, 4.69) is 0 Å². The molecule has 3 N–H and O–H groups in total. The van der Waals surface area contributed by atoms with Crippen molar-refractivity contribution in [1.29, 1.82) is 0 Å². The summed E-state index contributed by atoms with van der Waals surface area (Å²) in [6, 6.07) is 3.81. The van der Waals surface area contributed by atoms with E-state index < -0.39 is 5.82 Å². The molecule has 1 aliphatic heterocycles. The minimum Gasteiger partial charge on any atom is -0.396 e. The molecule has 92 valence electrons. The topological polar surface area (TPSA) is 66.6 Å². The van der Waals surface area contributed by atoms with Gasteiger partial charge in [-0.1, -0.05) is 0 Å². The second-order valence-corrected chi connectivity index (χ2v) is 4.21. The number of amides is 1. The van der Waals surface area contributed by atoms with Gasteiger partial charge in [0.25, 0.3) is 5.91 Å². The predicted molar refractivity (Wildman–Crippen MR) is 62.0 cm³/mol. The van der Waals surface area contributed by atoms with Gasteiger partial charge in [-0.2, -0.15) is 0 Å². The van der Waals surface area contributed by atoms with Crippen LogP contribution in [0.2, 0.25) is 0 Å². The van der Waals surface area contributed by atoms with E-state index in [1.807, 2.05) is 0 Å². The largest absolute Gasteiger partial charge is 0.396 e. The van der Waals surface area contributed by atoms with Crippen LogP contribution in [0.15, 0.2) is 18.2 Å². The van der Waals surface area contributed by atoms with Crippen LogP contribution in [0.1, 0.15) is 23.2 Å². The second kappa shape index (κ2) is 4.71. The average Bonchev–Trinajstić information content (AvgIpc) is 2.80. The zero-order chi connectivity index (χ0) is 12.4. The number of nitrogen functional groups attached to an aromatic ring is 1. The van der Waals surface area contributed by atoms with Gasteiger partial charge in [-0.3, -0.25) is 4.79 Å². The van der Waals surface area contributed by atoms with Crippen molar-refractivity contribution < 1.29 is 14.3 Å². The molecule has 0 unspecified atom stereocenters. The lowest BCUT2D eigenvalue weighted by atomic mass is 10.1. The number of likely N-dealkylation sites (tertiary alicyclic amines) is 1. The molecule has 1 heterocycles. The van der Waals surface area contributed by atoms with E-state index in [4.69, 9.17) is 10.8 Å². The number of aliphatic hydroxyl groups excluding tert-OH is 1. The van der Waals surface area contributed by atoms with Crippen molar-refractivity contribution in [3.63, 3.8) is 0 Å². The number of aliphatic hydroxyl groups is 1. The molecule has 0 bridgehead atoms. The SMILES string of the molecule is Nc1cc(C(=O)N2CCC[C@@H]2CO)ccc1F. The van der Waals surface area contributed by atoms with Gasteiger partial charge in [0.1, 0.15) is 5.82 Å².